The highest BCUT2D eigenvalue weighted by Gasteiger charge is 2.23. The van der Waals surface area contributed by atoms with E-state index in [2.05, 4.69) is 43.7 Å². The van der Waals surface area contributed by atoms with E-state index in [4.69, 9.17) is 4.74 Å². The van der Waals surface area contributed by atoms with Crippen molar-refractivity contribution in [1.29, 1.82) is 0 Å². The van der Waals surface area contributed by atoms with Gasteiger partial charge in [0.25, 0.3) is 0 Å². The lowest BCUT2D eigenvalue weighted by molar-refractivity contribution is 0.403. The minimum atomic E-state index is -0.0371. The smallest absolute Gasteiger partial charge is 0.153 e. The summed E-state index contributed by atoms with van der Waals surface area (Å²) in [6, 6.07) is 6.12. The van der Waals surface area contributed by atoms with Crippen LogP contribution in [0.1, 0.15) is 22.9 Å². The second kappa shape index (κ2) is 5.71. The van der Waals surface area contributed by atoms with Gasteiger partial charge >= 0.3 is 0 Å². The SMILES string of the molecule is CNC(c1ccc(C)cc1OC)c1c(Br)nnn1C. The van der Waals surface area contributed by atoms with Crippen molar-refractivity contribution in [3.63, 3.8) is 0 Å². The van der Waals surface area contributed by atoms with Crippen LogP contribution in [-0.4, -0.2) is 29.2 Å². The molecule has 19 heavy (non-hydrogen) atoms. The molecule has 0 radical (unpaired) electrons. The zero-order valence-electron chi connectivity index (χ0n) is 11.4. The van der Waals surface area contributed by atoms with Crippen LogP contribution in [0, 0.1) is 6.92 Å². The highest BCUT2D eigenvalue weighted by atomic mass is 79.9. The minimum Gasteiger partial charge on any atom is -0.496 e. The van der Waals surface area contributed by atoms with Crippen molar-refractivity contribution in [2.45, 2.75) is 13.0 Å². The first kappa shape index (κ1) is 14.0. The van der Waals surface area contributed by atoms with E-state index in [1.165, 1.54) is 0 Å². The van der Waals surface area contributed by atoms with E-state index in [-0.39, 0.29) is 6.04 Å². The third-order valence-electron chi connectivity index (χ3n) is 3.09. The first-order chi connectivity index (χ1) is 9.08. The van der Waals surface area contributed by atoms with Crippen LogP contribution in [0.4, 0.5) is 0 Å². The Kier molecular flexibility index (Phi) is 4.21. The number of methoxy groups -OCH3 is 1. The van der Waals surface area contributed by atoms with Crippen LogP contribution in [0.25, 0.3) is 0 Å². The Morgan fingerprint density at radius 1 is 1.42 bits per heavy atom. The van der Waals surface area contributed by atoms with Crippen LogP contribution in [0.2, 0.25) is 0 Å². The maximum atomic E-state index is 5.48. The molecule has 0 saturated heterocycles. The molecule has 0 fully saturated rings. The van der Waals surface area contributed by atoms with Crippen LogP contribution in [0.3, 0.4) is 0 Å². The van der Waals surface area contributed by atoms with Crippen LogP contribution in [0.5, 0.6) is 5.75 Å². The van der Waals surface area contributed by atoms with Gasteiger partial charge in [-0.15, -0.1) is 5.10 Å². The third-order valence-corrected chi connectivity index (χ3v) is 3.65. The molecule has 102 valence electrons. The molecule has 2 aromatic rings. The number of aryl methyl sites for hydroxylation is 2. The Bertz CT molecular complexity index is 563. The van der Waals surface area contributed by atoms with Gasteiger partial charge in [-0.2, -0.15) is 0 Å². The van der Waals surface area contributed by atoms with Crippen molar-refractivity contribution >= 4 is 15.9 Å². The molecule has 2 rings (SSSR count). The summed E-state index contributed by atoms with van der Waals surface area (Å²) in [6.07, 6.45) is 0. The molecule has 0 aliphatic carbocycles. The molecule has 6 heteroatoms. The fraction of sp³-hybridized carbons (Fsp3) is 0.385. The molecule has 0 amide bonds. The predicted octanol–water partition coefficient (Wildman–Crippen LogP) is 2.20. The molecular weight excluding hydrogens is 308 g/mol. The van der Waals surface area contributed by atoms with Gasteiger partial charge in [-0.05, 0) is 41.5 Å². The Morgan fingerprint density at radius 3 is 2.68 bits per heavy atom. The van der Waals surface area contributed by atoms with E-state index in [1.807, 2.05) is 27.1 Å². The number of ether oxygens (including phenoxy) is 1. The molecule has 5 nitrogen and oxygen atoms in total. The lowest BCUT2D eigenvalue weighted by Crippen LogP contribution is -2.21. The summed E-state index contributed by atoms with van der Waals surface area (Å²) in [5.74, 6) is 0.854. The molecule has 1 aromatic heterocycles. The quantitative estimate of drug-likeness (QED) is 0.936. The molecule has 0 bridgehead atoms. The Morgan fingerprint density at radius 2 is 2.16 bits per heavy atom. The van der Waals surface area contributed by atoms with Crippen LogP contribution >= 0.6 is 15.9 Å². The van der Waals surface area contributed by atoms with Gasteiger partial charge in [0.2, 0.25) is 0 Å². The van der Waals surface area contributed by atoms with E-state index in [0.717, 1.165) is 27.2 Å². The number of rotatable bonds is 4. The van der Waals surface area contributed by atoms with Crippen molar-refractivity contribution in [1.82, 2.24) is 20.3 Å². The van der Waals surface area contributed by atoms with Gasteiger partial charge in [0.1, 0.15) is 5.75 Å². The van der Waals surface area contributed by atoms with E-state index in [1.54, 1.807) is 11.8 Å². The topological polar surface area (TPSA) is 52.0 Å². The molecule has 1 aromatic carbocycles. The van der Waals surface area contributed by atoms with Crippen molar-refractivity contribution in [3.05, 3.63) is 39.6 Å². The van der Waals surface area contributed by atoms with E-state index in [0.29, 0.717) is 0 Å². The highest BCUT2D eigenvalue weighted by Crippen LogP contribution is 2.32. The summed E-state index contributed by atoms with van der Waals surface area (Å²) in [6.45, 7) is 2.04. The third kappa shape index (κ3) is 2.64. The average molecular weight is 325 g/mol. The zero-order valence-corrected chi connectivity index (χ0v) is 13.0. The molecule has 1 unspecified atom stereocenters. The predicted molar refractivity (Wildman–Crippen MR) is 77.3 cm³/mol. The standard InChI is InChI=1S/C13H17BrN4O/c1-8-5-6-9(10(7-8)19-4)11(15-2)12-13(14)16-17-18(12)3/h5-7,11,15H,1-4H3. The van der Waals surface area contributed by atoms with E-state index in [9.17, 15) is 0 Å². The van der Waals surface area contributed by atoms with Gasteiger partial charge in [0.15, 0.2) is 4.60 Å². The lowest BCUT2D eigenvalue weighted by atomic mass is 10.0. The largest absolute Gasteiger partial charge is 0.496 e. The second-order valence-electron chi connectivity index (χ2n) is 4.36. The molecule has 1 atom stereocenters. The Labute approximate surface area is 121 Å². The summed E-state index contributed by atoms with van der Waals surface area (Å²) >= 11 is 3.44. The van der Waals surface area contributed by atoms with Crippen molar-refractivity contribution in [2.24, 2.45) is 7.05 Å². The molecule has 0 aliphatic heterocycles. The Hall–Kier alpha value is -1.40. The normalized spacial score (nSPS) is 12.5. The van der Waals surface area contributed by atoms with Crippen molar-refractivity contribution in [2.75, 3.05) is 14.2 Å². The van der Waals surface area contributed by atoms with Gasteiger partial charge in [-0.1, -0.05) is 17.3 Å². The lowest BCUT2D eigenvalue weighted by Gasteiger charge is -2.20. The summed E-state index contributed by atoms with van der Waals surface area (Å²) in [4.78, 5) is 0. The second-order valence-corrected chi connectivity index (χ2v) is 5.11. The molecule has 1 heterocycles. The van der Waals surface area contributed by atoms with Crippen molar-refractivity contribution < 1.29 is 4.74 Å². The van der Waals surface area contributed by atoms with Gasteiger partial charge in [0, 0.05) is 12.6 Å². The maximum Gasteiger partial charge on any atom is 0.153 e. The number of benzene rings is 1. The first-order valence-electron chi connectivity index (χ1n) is 5.95. The van der Waals surface area contributed by atoms with E-state index < -0.39 is 0 Å². The summed E-state index contributed by atoms with van der Waals surface area (Å²) in [5.41, 5.74) is 3.18. The van der Waals surface area contributed by atoms with Gasteiger partial charge < -0.3 is 10.1 Å². The van der Waals surface area contributed by atoms with E-state index >= 15 is 0 Å². The van der Waals surface area contributed by atoms with Gasteiger partial charge in [-0.25, -0.2) is 4.68 Å². The summed E-state index contributed by atoms with van der Waals surface area (Å²) < 4.78 is 7.97. The Balaban J connectivity index is 2.54. The fourth-order valence-corrected chi connectivity index (χ4v) is 2.70. The number of nitrogens with zero attached hydrogens (tertiary/aromatic N) is 3. The monoisotopic (exact) mass is 324 g/mol. The summed E-state index contributed by atoms with van der Waals surface area (Å²) in [5, 5.41) is 11.3. The molecule has 0 aliphatic rings. The van der Waals surface area contributed by atoms with Crippen LogP contribution in [-0.2, 0) is 7.05 Å². The molecular formula is C13H17BrN4O. The number of aromatic nitrogens is 3. The summed E-state index contributed by atoms with van der Waals surface area (Å²) in [7, 11) is 5.46. The number of hydrogen-bond acceptors (Lipinski definition) is 4. The number of nitrogens with one attached hydrogen (secondary N) is 1. The van der Waals surface area contributed by atoms with Crippen LogP contribution in [0.15, 0.2) is 22.8 Å². The number of hydrogen-bond donors (Lipinski definition) is 1. The fourth-order valence-electron chi connectivity index (χ4n) is 2.14. The molecule has 0 saturated carbocycles. The maximum absolute atomic E-state index is 5.48. The highest BCUT2D eigenvalue weighted by molar-refractivity contribution is 9.10. The zero-order chi connectivity index (χ0) is 14.0. The average Bonchev–Trinajstić information content (AvgIpc) is 2.73. The first-order valence-corrected chi connectivity index (χ1v) is 6.74. The number of halogens is 1. The van der Waals surface area contributed by atoms with Gasteiger partial charge in [0.05, 0.1) is 18.8 Å². The minimum absolute atomic E-state index is 0.0371. The molecule has 0 spiro atoms. The van der Waals surface area contributed by atoms with Gasteiger partial charge in [-0.3, -0.25) is 0 Å². The van der Waals surface area contributed by atoms with Crippen LogP contribution < -0.4 is 10.1 Å². The van der Waals surface area contributed by atoms with Crippen molar-refractivity contribution in [3.8, 4) is 5.75 Å². The molecule has 1 N–H and O–H groups in total.